The van der Waals surface area contributed by atoms with Gasteiger partial charge in [0, 0.05) is 23.2 Å². The monoisotopic (exact) mass is 800 g/mol. The Morgan fingerprint density at radius 1 is 0.860 bits per heavy atom. The maximum Gasteiger partial charge on any atom is 0.264 e. The van der Waals surface area contributed by atoms with E-state index in [0.29, 0.717) is 37.9 Å². The van der Waals surface area contributed by atoms with E-state index in [1.54, 1.807) is 66.7 Å². The van der Waals surface area contributed by atoms with Crippen LogP contribution in [-0.2, 0) is 24.5 Å². The van der Waals surface area contributed by atoms with E-state index in [9.17, 15) is 21.9 Å². The van der Waals surface area contributed by atoms with Crippen molar-refractivity contribution in [3.8, 4) is 11.8 Å². The van der Waals surface area contributed by atoms with Crippen molar-refractivity contribution >= 4 is 55.6 Å². The summed E-state index contributed by atoms with van der Waals surface area (Å²) < 4.78 is 65.5. The SMILES string of the molecule is Cc1ccc(S(=O)(=O)NC[C@H](C#C[C@H](O)/C=C2\CN(S(=O)(=O)c3ccc(C)cc3)c3cccc(Br)c32)CO[Si](C(C)C)(C(C)C)C(C)C)cc1. The third-order valence-electron chi connectivity index (χ3n) is 9.39. The fourth-order valence-corrected chi connectivity index (χ4v) is 15.5. The number of rotatable bonds is 13. The first-order valence-corrected chi connectivity index (χ1v) is 22.7. The topological polar surface area (TPSA) is 113 Å². The van der Waals surface area contributed by atoms with Crippen molar-refractivity contribution in [1.82, 2.24) is 4.72 Å². The summed E-state index contributed by atoms with van der Waals surface area (Å²) in [5.74, 6) is 5.45. The zero-order chi connectivity index (χ0) is 37.0. The van der Waals surface area contributed by atoms with Gasteiger partial charge in [-0.3, -0.25) is 4.31 Å². The Bertz CT molecular complexity index is 1950. The number of nitrogens with zero attached hydrogens (tertiary/aromatic N) is 1. The van der Waals surface area contributed by atoms with E-state index >= 15 is 0 Å². The van der Waals surface area contributed by atoms with E-state index in [0.717, 1.165) is 11.1 Å². The summed E-state index contributed by atoms with van der Waals surface area (Å²) in [5, 5.41) is 11.2. The molecule has 8 nitrogen and oxygen atoms in total. The quantitative estimate of drug-likeness (QED) is 0.135. The number of aliphatic hydroxyl groups is 1. The first-order valence-electron chi connectivity index (χ1n) is 16.9. The van der Waals surface area contributed by atoms with Crippen molar-refractivity contribution in [2.45, 2.75) is 87.9 Å². The molecule has 0 spiro atoms. The molecule has 3 aromatic rings. The maximum atomic E-state index is 13.8. The van der Waals surface area contributed by atoms with Gasteiger partial charge in [-0.2, -0.15) is 0 Å². The van der Waals surface area contributed by atoms with Crippen molar-refractivity contribution in [2.24, 2.45) is 5.92 Å². The fraction of sp³-hybridized carbons (Fsp3) is 0.421. The zero-order valence-corrected chi connectivity index (χ0v) is 34.3. The number of halogens is 1. The molecule has 0 saturated carbocycles. The highest BCUT2D eigenvalue weighted by Gasteiger charge is 2.45. The second-order valence-corrected chi connectivity index (χ2v) is 23.8. The van der Waals surface area contributed by atoms with Crippen LogP contribution in [0.15, 0.2) is 87.1 Å². The minimum Gasteiger partial charge on any atom is -0.415 e. The highest BCUT2D eigenvalue weighted by Crippen LogP contribution is 2.44. The predicted molar refractivity (Wildman–Crippen MR) is 208 cm³/mol. The number of anilines is 1. The number of aliphatic hydroxyl groups excluding tert-OH is 1. The van der Waals surface area contributed by atoms with E-state index in [2.05, 4.69) is 74.0 Å². The lowest BCUT2D eigenvalue weighted by atomic mass is 10.1. The molecule has 0 fully saturated rings. The first kappa shape index (κ1) is 40.0. The molecular weight excluding hydrogens is 753 g/mol. The second kappa shape index (κ2) is 16.3. The number of fused-ring (bicyclic) bond motifs is 1. The van der Waals surface area contributed by atoms with Gasteiger partial charge < -0.3 is 9.53 Å². The normalized spacial score (nSPS) is 15.8. The molecule has 12 heteroatoms. The van der Waals surface area contributed by atoms with Crippen LogP contribution in [0.2, 0.25) is 16.6 Å². The number of hydrogen-bond donors (Lipinski definition) is 2. The molecule has 1 aliphatic rings. The van der Waals surface area contributed by atoms with Crippen LogP contribution in [0, 0.1) is 31.6 Å². The largest absolute Gasteiger partial charge is 0.415 e. The van der Waals surface area contributed by atoms with Crippen LogP contribution < -0.4 is 9.03 Å². The molecule has 1 aliphatic heterocycles. The predicted octanol–water partition coefficient (Wildman–Crippen LogP) is 7.81. The Labute approximate surface area is 308 Å². The van der Waals surface area contributed by atoms with Gasteiger partial charge in [0.05, 0.1) is 27.9 Å². The van der Waals surface area contributed by atoms with Gasteiger partial charge in [-0.25, -0.2) is 21.6 Å². The summed E-state index contributed by atoms with van der Waals surface area (Å²) in [5.41, 5.74) is 4.62. The Kier molecular flexibility index (Phi) is 13.0. The third kappa shape index (κ3) is 8.81. The average molecular weight is 802 g/mol. The van der Waals surface area contributed by atoms with E-state index in [1.807, 2.05) is 19.9 Å². The van der Waals surface area contributed by atoms with E-state index in [4.69, 9.17) is 4.43 Å². The molecule has 0 radical (unpaired) electrons. The zero-order valence-electron chi connectivity index (χ0n) is 30.1. The van der Waals surface area contributed by atoms with Crippen molar-refractivity contribution in [3.05, 3.63) is 94.0 Å². The Morgan fingerprint density at radius 2 is 1.40 bits per heavy atom. The molecule has 2 N–H and O–H groups in total. The van der Waals surface area contributed by atoms with Gasteiger partial charge in [0.2, 0.25) is 10.0 Å². The van der Waals surface area contributed by atoms with Gasteiger partial charge in [0.15, 0.2) is 8.32 Å². The van der Waals surface area contributed by atoms with Crippen molar-refractivity contribution in [1.29, 1.82) is 0 Å². The molecule has 1 heterocycles. The van der Waals surface area contributed by atoms with Crippen molar-refractivity contribution in [3.63, 3.8) is 0 Å². The minimum atomic E-state index is -3.89. The average Bonchev–Trinajstić information content (AvgIpc) is 3.42. The molecule has 0 unspecified atom stereocenters. The van der Waals surface area contributed by atoms with Crippen LogP contribution in [-0.4, -0.2) is 56.1 Å². The van der Waals surface area contributed by atoms with Crippen molar-refractivity contribution in [2.75, 3.05) is 24.0 Å². The fourth-order valence-electron chi connectivity index (χ4n) is 6.89. The molecular formula is C38H49BrN2O6S2Si. The summed E-state index contributed by atoms with van der Waals surface area (Å²) in [6, 6.07) is 18.7. The highest BCUT2D eigenvalue weighted by molar-refractivity contribution is 9.10. The first-order chi connectivity index (χ1) is 23.4. The van der Waals surface area contributed by atoms with E-state index < -0.39 is 40.4 Å². The van der Waals surface area contributed by atoms with Crippen LogP contribution in [0.4, 0.5) is 5.69 Å². The molecule has 0 amide bonds. The standard InChI is InChI=1S/C38H49BrN2O6S2Si/c1-26(2)50(27(3)4,28(5)6)47-25-31(23-40-48(43,44)34-18-12-29(7)13-19-34)16-17-33(42)22-32-24-41(37-11-9-10-36(39)38(32)37)49(45,46)35-20-14-30(8)15-21-35/h9-15,18-22,26-28,31,33,40,42H,23-25H2,1-8H3/b32-22+/t31-,33-/m0/s1. The van der Waals surface area contributed by atoms with E-state index in [1.165, 1.54) is 4.31 Å². The summed E-state index contributed by atoms with van der Waals surface area (Å²) in [7, 11) is -10.0. The number of nitrogens with one attached hydrogen (secondary N) is 1. The van der Waals surface area contributed by atoms with Gasteiger partial charge in [0.25, 0.3) is 10.0 Å². The molecule has 4 rings (SSSR count). The van der Waals surface area contributed by atoms with Crippen LogP contribution in [0.5, 0.6) is 0 Å². The molecule has 50 heavy (non-hydrogen) atoms. The van der Waals surface area contributed by atoms with Crippen LogP contribution in [0.3, 0.4) is 0 Å². The number of sulfonamides is 2. The Balaban J connectivity index is 1.65. The third-order valence-corrected chi connectivity index (χ3v) is 19.3. The van der Waals surface area contributed by atoms with E-state index in [-0.39, 0.29) is 29.5 Å². The Morgan fingerprint density at radius 3 is 1.94 bits per heavy atom. The molecule has 0 aliphatic carbocycles. The lowest BCUT2D eigenvalue weighted by Gasteiger charge is -2.42. The summed E-state index contributed by atoms with van der Waals surface area (Å²) in [6.45, 7) is 17.1. The molecule has 0 bridgehead atoms. The number of aryl methyl sites for hydroxylation is 2. The molecule has 2 atom stereocenters. The summed E-state index contributed by atoms with van der Waals surface area (Å²) in [6.07, 6.45) is 0.302. The number of hydrogen-bond acceptors (Lipinski definition) is 6. The molecule has 0 saturated heterocycles. The van der Waals surface area contributed by atoms with Crippen molar-refractivity contribution < 1.29 is 26.4 Å². The van der Waals surface area contributed by atoms with Gasteiger partial charge in [-0.15, -0.1) is 0 Å². The van der Waals surface area contributed by atoms with Crippen LogP contribution in [0.1, 0.15) is 58.2 Å². The summed E-state index contributed by atoms with van der Waals surface area (Å²) >= 11 is 3.58. The summed E-state index contributed by atoms with van der Waals surface area (Å²) in [4.78, 5) is 0.335. The Hall–Kier alpha value is -2.76. The van der Waals surface area contributed by atoms with Gasteiger partial charge >= 0.3 is 0 Å². The van der Waals surface area contributed by atoms with Crippen LogP contribution >= 0.6 is 15.9 Å². The smallest absolute Gasteiger partial charge is 0.264 e. The molecule has 0 aromatic heterocycles. The molecule has 270 valence electrons. The maximum absolute atomic E-state index is 13.8. The molecule has 3 aromatic carbocycles. The van der Waals surface area contributed by atoms with Gasteiger partial charge in [-0.05, 0) is 78.5 Å². The highest BCUT2D eigenvalue weighted by atomic mass is 79.9. The minimum absolute atomic E-state index is 0.0117. The lowest BCUT2D eigenvalue weighted by Crippen LogP contribution is -2.49. The van der Waals surface area contributed by atoms with Crippen LogP contribution in [0.25, 0.3) is 5.57 Å². The second-order valence-electron chi connectivity index (χ2n) is 13.9. The van der Waals surface area contributed by atoms with Gasteiger partial charge in [0.1, 0.15) is 6.10 Å². The number of benzene rings is 3. The lowest BCUT2D eigenvalue weighted by molar-refractivity contribution is 0.246. The van der Waals surface area contributed by atoms with Gasteiger partial charge in [-0.1, -0.05) is 111 Å².